The van der Waals surface area contributed by atoms with Gasteiger partial charge in [0.1, 0.15) is 12.5 Å². The van der Waals surface area contributed by atoms with Crippen LogP contribution in [0.2, 0.25) is 0 Å². The molecule has 1 aliphatic carbocycles. The molecule has 0 unspecified atom stereocenters. The van der Waals surface area contributed by atoms with E-state index in [2.05, 4.69) is 4.99 Å². The number of halogens is 1. The summed E-state index contributed by atoms with van der Waals surface area (Å²) in [6.45, 7) is 2.09. The highest BCUT2D eigenvalue weighted by atomic mass is 19.1. The highest BCUT2D eigenvalue weighted by molar-refractivity contribution is 6.09. The second kappa shape index (κ2) is 8.66. The number of piperidine rings is 1. The van der Waals surface area contributed by atoms with E-state index in [0.717, 1.165) is 12.3 Å². The summed E-state index contributed by atoms with van der Waals surface area (Å²) >= 11 is 0. The van der Waals surface area contributed by atoms with E-state index >= 15 is 0 Å². The summed E-state index contributed by atoms with van der Waals surface area (Å²) in [5, 5.41) is 11.0. The number of benzene rings is 1. The van der Waals surface area contributed by atoms with Crippen molar-refractivity contribution in [1.82, 2.24) is 9.80 Å². The zero-order valence-electron chi connectivity index (χ0n) is 16.9. The minimum absolute atomic E-state index is 0.232. The van der Waals surface area contributed by atoms with E-state index in [1.807, 2.05) is 16.0 Å². The highest BCUT2D eigenvalue weighted by Gasteiger charge is 2.35. The molecule has 29 heavy (non-hydrogen) atoms. The van der Waals surface area contributed by atoms with Gasteiger partial charge in [-0.05, 0) is 43.4 Å². The lowest BCUT2D eigenvalue weighted by Gasteiger charge is -2.41. The number of hydrogen-bond acceptors (Lipinski definition) is 4. The van der Waals surface area contributed by atoms with E-state index < -0.39 is 5.60 Å². The average molecular weight is 400 g/mol. The molecule has 4 rings (SSSR count). The average Bonchev–Trinajstić information content (AvgIpc) is 2.68. The van der Waals surface area contributed by atoms with Gasteiger partial charge in [0.2, 0.25) is 5.91 Å². The molecule has 5 nitrogen and oxygen atoms in total. The van der Waals surface area contributed by atoms with Crippen molar-refractivity contribution in [3.05, 3.63) is 47.9 Å². The maximum Gasteiger partial charge on any atom is 0.222 e. The van der Waals surface area contributed by atoms with Crippen LogP contribution >= 0.6 is 0 Å². The summed E-state index contributed by atoms with van der Waals surface area (Å²) < 4.78 is 13.9. The lowest BCUT2D eigenvalue weighted by molar-refractivity contribution is -0.136. The lowest BCUT2D eigenvalue weighted by atomic mass is 9.82. The van der Waals surface area contributed by atoms with Gasteiger partial charge in [-0.25, -0.2) is 4.39 Å². The molecule has 1 saturated heterocycles. The fraction of sp³-hybridized carbons (Fsp3) is 0.565. The number of amides is 1. The Kier molecular flexibility index (Phi) is 5.99. The largest absolute Gasteiger partial charge is 0.388 e. The number of likely N-dealkylation sites (tertiary alicyclic amines) is 1. The van der Waals surface area contributed by atoms with E-state index in [1.165, 1.54) is 25.3 Å². The van der Waals surface area contributed by atoms with Crippen LogP contribution in [-0.4, -0.2) is 58.4 Å². The van der Waals surface area contributed by atoms with Gasteiger partial charge in [-0.2, -0.15) is 0 Å². The SMILES string of the molecule is O=C(CCC1CCC1)N1CCC(O)(CN2C=CC(c3ccccc3F)=NC2)CC1. The number of aliphatic imine (C=N–C) groups is 1. The van der Waals surface area contributed by atoms with Gasteiger partial charge < -0.3 is 14.9 Å². The molecule has 2 fully saturated rings. The van der Waals surface area contributed by atoms with Crippen LogP contribution < -0.4 is 0 Å². The molecule has 6 heteroatoms. The molecule has 3 aliphatic rings. The maximum absolute atomic E-state index is 13.9. The van der Waals surface area contributed by atoms with Crippen molar-refractivity contribution < 1.29 is 14.3 Å². The predicted molar refractivity (Wildman–Crippen MR) is 111 cm³/mol. The Hall–Kier alpha value is -2.21. The Balaban J connectivity index is 1.25. The van der Waals surface area contributed by atoms with Gasteiger partial charge in [-0.1, -0.05) is 31.4 Å². The van der Waals surface area contributed by atoms with Crippen LogP contribution in [0.5, 0.6) is 0 Å². The van der Waals surface area contributed by atoms with E-state index in [4.69, 9.17) is 0 Å². The van der Waals surface area contributed by atoms with Crippen molar-refractivity contribution in [2.45, 2.75) is 50.5 Å². The number of nitrogens with zero attached hydrogens (tertiary/aromatic N) is 3. The molecule has 1 aromatic carbocycles. The summed E-state index contributed by atoms with van der Waals surface area (Å²) in [6.07, 6.45) is 10.4. The Morgan fingerprint density at radius 1 is 1.24 bits per heavy atom. The number of aliphatic hydroxyl groups is 1. The Morgan fingerprint density at radius 2 is 2.00 bits per heavy atom. The van der Waals surface area contributed by atoms with Gasteiger partial charge in [0.25, 0.3) is 0 Å². The van der Waals surface area contributed by atoms with Crippen LogP contribution in [0.15, 0.2) is 41.5 Å². The second-order valence-corrected chi connectivity index (χ2v) is 8.67. The molecule has 2 heterocycles. The number of hydrogen-bond donors (Lipinski definition) is 1. The minimum Gasteiger partial charge on any atom is -0.388 e. The molecule has 0 bridgehead atoms. The lowest BCUT2D eigenvalue weighted by Crippen LogP contribution is -2.51. The first-order valence-electron chi connectivity index (χ1n) is 10.7. The van der Waals surface area contributed by atoms with Gasteiger partial charge in [-0.3, -0.25) is 9.79 Å². The van der Waals surface area contributed by atoms with Gasteiger partial charge in [-0.15, -0.1) is 0 Å². The van der Waals surface area contributed by atoms with Crippen LogP contribution in [0, 0.1) is 11.7 Å². The number of β-amino-alcohol motifs (C(OH)–C–C–N with tert-alkyl or cyclic N) is 1. The zero-order chi connectivity index (χ0) is 20.3. The Morgan fingerprint density at radius 3 is 2.62 bits per heavy atom. The summed E-state index contributed by atoms with van der Waals surface area (Å²) in [5.74, 6) is 0.703. The summed E-state index contributed by atoms with van der Waals surface area (Å²) in [7, 11) is 0. The van der Waals surface area contributed by atoms with E-state index in [0.29, 0.717) is 56.8 Å². The third kappa shape index (κ3) is 4.86. The molecule has 156 valence electrons. The van der Waals surface area contributed by atoms with Crippen molar-refractivity contribution in [2.75, 3.05) is 26.3 Å². The fourth-order valence-electron chi connectivity index (χ4n) is 4.37. The molecule has 1 saturated carbocycles. The van der Waals surface area contributed by atoms with Gasteiger partial charge in [0.15, 0.2) is 0 Å². The van der Waals surface area contributed by atoms with Crippen molar-refractivity contribution in [1.29, 1.82) is 0 Å². The molecule has 1 N–H and O–H groups in total. The van der Waals surface area contributed by atoms with Crippen LogP contribution in [0.3, 0.4) is 0 Å². The smallest absolute Gasteiger partial charge is 0.222 e. The quantitative estimate of drug-likeness (QED) is 0.798. The Bertz CT molecular complexity index is 795. The standard InChI is InChI=1S/C23H30FN3O2/c24-20-7-2-1-6-19(20)21-10-13-26(17-25-21)16-23(29)11-14-27(15-12-23)22(28)9-8-18-4-3-5-18/h1-2,6-7,10,13,18,29H,3-5,8-9,11-12,14-17H2. The summed E-state index contributed by atoms with van der Waals surface area (Å²) in [5.41, 5.74) is 0.300. The Labute approximate surface area is 171 Å². The van der Waals surface area contributed by atoms with Crippen LogP contribution in [-0.2, 0) is 4.79 Å². The monoisotopic (exact) mass is 399 g/mol. The van der Waals surface area contributed by atoms with Crippen LogP contribution in [0.1, 0.15) is 50.5 Å². The van der Waals surface area contributed by atoms with Crippen molar-refractivity contribution in [2.24, 2.45) is 10.9 Å². The third-order valence-electron chi connectivity index (χ3n) is 6.55. The van der Waals surface area contributed by atoms with Gasteiger partial charge in [0, 0.05) is 37.8 Å². The van der Waals surface area contributed by atoms with Gasteiger partial charge in [0.05, 0.1) is 11.3 Å². The summed E-state index contributed by atoms with van der Waals surface area (Å²) in [4.78, 5) is 20.8. The zero-order valence-corrected chi connectivity index (χ0v) is 16.9. The first kappa shape index (κ1) is 20.1. The second-order valence-electron chi connectivity index (χ2n) is 8.67. The molecule has 0 aromatic heterocycles. The fourth-order valence-corrected chi connectivity index (χ4v) is 4.37. The minimum atomic E-state index is -0.819. The first-order valence-corrected chi connectivity index (χ1v) is 10.7. The normalized spacial score (nSPS) is 21.7. The number of carbonyl (C=O) groups is 1. The van der Waals surface area contributed by atoms with E-state index in [9.17, 15) is 14.3 Å². The molecule has 0 atom stereocenters. The topological polar surface area (TPSA) is 56.1 Å². The molecular formula is C23H30FN3O2. The van der Waals surface area contributed by atoms with E-state index in [-0.39, 0.29) is 11.7 Å². The first-order chi connectivity index (χ1) is 14.0. The van der Waals surface area contributed by atoms with E-state index in [1.54, 1.807) is 24.3 Å². The van der Waals surface area contributed by atoms with Crippen LogP contribution in [0.25, 0.3) is 0 Å². The van der Waals surface area contributed by atoms with Crippen molar-refractivity contribution in [3.8, 4) is 0 Å². The molecule has 1 amide bonds. The summed E-state index contributed by atoms with van der Waals surface area (Å²) in [6, 6.07) is 6.62. The molecular weight excluding hydrogens is 369 g/mol. The number of carbonyl (C=O) groups excluding carboxylic acids is 1. The van der Waals surface area contributed by atoms with Gasteiger partial charge >= 0.3 is 0 Å². The van der Waals surface area contributed by atoms with Crippen molar-refractivity contribution >= 4 is 11.6 Å². The maximum atomic E-state index is 13.9. The number of rotatable bonds is 6. The third-order valence-corrected chi connectivity index (χ3v) is 6.55. The van der Waals surface area contributed by atoms with Crippen LogP contribution in [0.4, 0.5) is 4.39 Å². The molecule has 0 radical (unpaired) electrons. The molecule has 1 aromatic rings. The molecule has 2 aliphatic heterocycles. The van der Waals surface area contributed by atoms with Crippen molar-refractivity contribution in [3.63, 3.8) is 0 Å². The highest BCUT2D eigenvalue weighted by Crippen LogP contribution is 2.31. The molecule has 0 spiro atoms. The number of allylic oxidation sites excluding steroid dienone is 1. The predicted octanol–water partition coefficient (Wildman–Crippen LogP) is 3.34.